The van der Waals surface area contributed by atoms with Crippen molar-refractivity contribution in [1.82, 2.24) is 4.57 Å². The summed E-state index contributed by atoms with van der Waals surface area (Å²) in [5, 5.41) is 7.59. The van der Waals surface area contributed by atoms with Gasteiger partial charge in [-0.2, -0.15) is 0 Å². The van der Waals surface area contributed by atoms with Crippen molar-refractivity contribution in [2.24, 2.45) is 5.92 Å². The molecule has 2 nitrogen and oxygen atoms in total. The summed E-state index contributed by atoms with van der Waals surface area (Å²) < 4.78 is 2.41. The summed E-state index contributed by atoms with van der Waals surface area (Å²) >= 11 is 0. The minimum atomic E-state index is -0.0673. The van der Waals surface area contributed by atoms with Gasteiger partial charge in [-0.3, -0.25) is 0 Å². The summed E-state index contributed by atoms with van der Waals surface area (Å²) in [5.41, 5.74) is 18.7. The highest BCUT2D eigenvalue weighted by Gasteiger charge is 2.35. The van der Waals surface area contributed by atoms with E-state index in [0.29, 0.717) is 5.92 Å². The Labute approximate surface area is 398 Å². The Bertz CT molecular complexity index is 3830. The molecule has 324 valence electrons. The Morgan fingerprint density at radius 2 is 1.16 bits per heavy atom. The zero-order valence-corrected chi connectivity index (χ0v) is 38.4. The molecule has 0 N–H and O–H groups in total. The summed E-state index contributed by atoms with van der Waals surface area (Å²) in [7, 11) is 0. The van der Waals surface area contributed by atoms with Crippen molar-refractivity contribution in [2.45, 2.75) is 32.1 Å². The molecule has 0 saturated heterocycles. The Hall–Kier alpha value is -8.20. The summed E-state index contributed by atoms with van der Waals surface area (Å²) in [6.07, 6.45) is 7.21. The van der Waals surface area contributed by atoms with E-state index in [4.69, 9.17) is 0 Å². The van der Waals surface area contributed by atoms with Crippen LogP contribution in [0.25, 0.3) is 76.9 Å². The Balaban J connectivity index is 0.986. The van der Waals surface area contributed by atoms with Gasteiger partial charge in [-0.15, -0.1) is 0 Å². The fourth-order valence-corrected chi connectivity index (χ4v) is 11.7. The zero-order chi connectivity index (χ0) is 45.3. The normalized spacial score (nSPS) is 15.2. The second kappa shape index (κ2) is 16.0. The third-order valence-corrected chi connectivity index (χ3v) is 15.0. The van der Waals surface area contributed by atoms with Gasteiger partial charge in [0.1, 0.15) is 0 Å². The van der Waals surface area contributed by atoms with E-state index in [2.05, 4.69) is 260 Å². The molecule has 2 aliphatic rings. The number of fused-ring (bicyclic) bond motifs is 9. The maximum atomic E-state index is 2.56. The predicted molar refractivity (Wildman–Crippen MR) is 289 cm³/mol. The van der Waals surface area contributed by atoms with E-state index in [9.17, 15) is 0 Å². The van der Waals surface area contributed by atoms with Crippen molar-refractivity contribution in [3.05, 3.63) is 259 Å². The van der Waals surface area contributed by atoms with Crippen LogP contribution in [-0.2, 0) is 11.8 Å². The van der Waals surface area contributed by atoms with Crippen LogP contribution >= 0.6 is 0 Å². The SMILES string of the molecule is CC1(C)C2=CC(c3ccccc3N(c3ccc(-c4cccc5c4ccc4ccccc45)cc3)c3cccc(-c4cccc5c4c4ccccc4n5-c4ccccc4)c3)=CC(C2)Cc2ccccc21. The number of aromatic nitrogens is 1. The van der Waals surface area contributed by atoms with Gasteiger partial charge in [0, 0.05) is 38.8 Å². The Morgan fingerprint density at radius 1 is 0.471 bits per heavy atom. The number of hydrogen-bond donors (Lipinski definition) is 0. The van der Waals surface area contributed by atoms with Gasteiger partial charge >= 0.3 is 0 Å². The van der Waals surface area contributed by atoms with Crippen LogP contribution in [0, 0.1) is 5.92 Å². The van der Waals surface area contributed by atoms with Crippen LogP contribution in [-0.4, -0.2) is 4.57 Å². The lowest BCUT2D eigenvalue weighted by Crippen LogP contribution is -2.22. The van der Waals surface area contributed by atoms with Crippen LogP contribution in [0.5, 0.6) is 0 Å². The van der Waals surface area contributed by atoms with Crippen LogP contribution in [0.15, 0.2) is 242 Å². The van der Waals surface area contributed by atoms with Gasteiger partial charge in [0.2, 0.25) is 0 Å². The lowest BCUT2D eigenvalue weighted by molar-refractivity contribution is 0.564. The fraction of sp³-hybridized carbons (Fsp3) is 0.0909. The fourth-order valence-electron chi connectivity index (χ4n) is 11.7. The average Bonchev–Trinajstić information content (AvgIpc) is 3.71. The maximum Gasteiger partial charge on any atom is 0.0547 e. The third-order valence-electron chi connectivity index (χ3n) is 15.0. The number of allylic oxidation sites excluding steroid dienone is 4. The largest absolute Gasteiger partial charge is 0.310 e. The molecule has 11 aromatic rings. The molecule has 0 amide bonds. The number of hydrogen-bond acceptors (Lipinski definition) is 1. The van der Waals surface area contributed by atoms with E-state index in [0.717, 1.165) is 35.6 Å². The van der Waals surface area contributed by atoms with E-state index >= 15 is 0 Å². The molecule has 2 bridgehead atoms. The molecule has 0 fully saturated rings. The smallest absolute Gasteiger partial charge is 0.0547 e. The van der Waals surface area contributed by atoms with E-state index in [-0.39, 0.29) is 5.41 Å². The molecule has 1 heterocycles. The highest BCUT2D eigenvalue weighted by atomic mass is 15.1. The lowest BCUT2D eigenvalue weighted by Gasteiger charge is -2.32. The van der Waals surface area contributed by atoms with Crippen LogP contribution in [0.3, 0.4) is 0 Å². The van der Waals surface area contributed by atoms with E-state index < -0.39 is 0 Å². The standard InChI is InChI=1S/C66H50N2/c1-66(2)50-41-44(39-48-18-7-11-29-61(48)66)40-49(42-50)56-24-9-12-30-62(56)67(52-36-33-46(34-37-52)55-26-15-28-58-54-23-8-6-17-45(54)35-38-59(55)58)53-22-14-19-47(43-53)57-27-16-32-64-65(57)60-25-10-13-31-63(60)68(64)51-20-4-3-5-21-51/h3-38,40,42-44H,39,41H2,1-2H3. The summed E-state index contributed by atoms with van der Waals surface area (Å²) in [4.78, 5) is 2.49. The molecule has 0 saturated carbocycles. The number of anilines is 3. The van der Waals surface area contributed by atoms with Gasteiger partial charge < -0.3 is 9.47 Å². The minimum absolute atomic E-state index is 0.0673. The summed E-state index contributed by atoms with van der Waals surface area (Å²) in [5.74, 6) is 0.424. The van der Waals surface area contributed by atoms with Gasteiger partial charge in [-0.1, -0.05) is 201 Å². The molecule has 0 radical (unpaired) electrons. The van der Waals surface area contributed by atoms with Crippen molar-refractivity contribution in [3.63, 3.8) is 0 Å². The minimum Gasteiger partial charge on any atom is -0.310 e. The molecule has 68 heavy (non-hydrogen) atoms. The predicted octanol–water partition coefficient (Wildman–Crippen LogP) is 17.8. The second-order valence-electron chi connectivity index (χ2n) is 19.3. The first-order chi connectivity index (χ1) is 33.5. The van der Waals surface area contributed by atoms with E-state index in [1.165, 1.54) is 93.4 Å². The summed E-state index contributed by atoms with van der Waals surface area (Å²) in [6, 6.07) is 83.0. The first kappa shape index (κ1) is 40.1. The molecule has 0 aliphatic heterocycles. The van der Waals surface area contributed by atoms with Gasteiger partial charge in [-0.05, 0) is 134 Å². The monoisotopic (exact) mass is 870 g/mol. The van der Waals surface area contributed by atoms with Crippen LogP contribution in [0.2, 0.25) is 0 Å². The highest BCUT2D eigenvalue weighted by molar-refractivity contribution is 6.16. The molecule has 2 heteroatoms. The maximum absolute atomic E-state index is 2.56. The quantitative estimate of drug-likeness (QED) is 0.145. The van der Waals surface area contributed by atoms with Crippen molar-refractivity contribution in [2.75, 3.05) is 4.90 Å². The van der Waals surface area contributed by atoms with Crippen molar-refractivity contribution in [1.29, 1.82) is 0 Å². The molecule has 2 aliphatic carbocycles. The van der Waals surface area contributed by atoms with E-state index in [1.54, 1.807) is 0 Å². The second-order valence-corrected chi connectivity index (χ2v) is 19.3. The molecular formula is C66H50N2. The molecular weight excluding hydrogens is 821 g/mol. The lowest BCUT2D eigenvalue weighted by atomic mass is 9.73. The Morgan fingerprint density at radius 3 is 2.06 bits per heavy atom. The van der Waals surface area contributed by atoms with Gasteiger partial charge in [0.15, 0.2) is 0 Å². The van der Waals surface area contributed by atoms with Gasteiger partial charge in [0.25, 0.3) is 0 Å². The third kappa shape index (κ3) is 6.54. The van der Waals surface area contributed by atoms with E-state index in [1.807, 2.05) is 0 Å². The molecule has 1 atom stereocenters. The molecule has 10 aromatic carbocycles. The first-order valence-corrected chi connectivity index (χ1v) is 24.1. The van der Waals surface area contributed by atoms with Gasteiger partial charge in [0.05, 0.1) is 16.7 Å². The van der Waals surface area contributed by atoms with Crippen molar-refractivity contribution in [3.8, 4) is 27.9 Å². The molecule has 0 spiro atoms. The number of rotatable bonds is 7. The molecule has 13 rings (SSSR count). The van der Waals surface area contributed by atoms with Crippen LogP contribution in [0.4, 0.5) is 17.1 Å². The van der Waals surface area contributed by atoms with Crippen LogP contribution in [0.1, 0.15) is 37.0 Å². The van der Waals surface area contributed by atoms with Crippen molar-refractivity contribution >= 4 is 66.0 Å². The topological polar surface area (TPSA) is 8.17 Å². The average molecular weight is 871 g/mol. The number of para-hydroxylation sites is 3. The zero-order valence-electron chi connectivity index (χ0n) is 38.4. The number of nitrogens with zero attached hydrogens (tertiary/aromatic N) is 2. The van der Waals surface area contributed by atoms with Gasteiger partial charge in [-0.25, -0.2) is 0 Å². The van der Waals surface area contributed by atoms with Crippen molar-refractivity contribution < 1.29 is 0 Å². The molecule has 1 aromatic heterocycles. The number of benzene rings is 10. The molecule has 1 unspecified atom stereocenters. The highest BCUT2D eigenvalue weighted by Crippen LogP contribution is 2.49. The Kier molecular flexibility index (Phi) is 9.44. The summed E-state index contributed by atoms with van der Waals surface area (Å²) in [6.45, 7) is 4.84. The first-order valence-electron chi connectivity index (χ1n) is 24.1. The van der Waals surface area contributed by atoms with Crippen LogP contribution < -0.4 is 4.90 Å².